The molecule has 0 aliphatic carbocycles. The maximum Gasteiger partial charge on any atom is 0.240 e. The van der Waals surface area contributed by atoms with E-state index in [9.17, 15) is 8.42 Å². The third kappa shape index (κ3) is 4.95. The van der Waals surface area contributed by atoms with Crippen LogP contribution in [0.5, 0.6) is 0 Å². The van der Waals surface area contributed by atoms with Crippen LogP contribution in [-0.4, -0.2) is 41.3 Å². The fourth-order valence-corrected chi connectivity index (χ4v) is 4.07. The summed E-state index contributed by atoms with van der Waals surface area (Å²) in [5, 5.41) is 0.404. The van der Waals surface area contributed by atoms with Gasteiger partial charge in [0.1, 0.15) is 0 Å². The molecular formula is C18H21ClN2O3S. The largest absolute Gasteiger partial charge is 0.378 e. The first kappa shape index (κ1) is 18.2. The number of nitrogens with one attached hydrogen (secondary N) is 1. The number of benzene rings is 2. The van der Waals surface area contributed by atoms with Gasteiger partial charge in [0.2, 0.25) is 10.0 Å². The molecule has 1 aliphatic heterocycles. The molecule has 1 heterocycles. The lowest BCUT2D eigenvalue weighted by Gasteiger charge is -2.28. The van der Waals surface area contributed by atoms with Crippen LogP contribution in [0.1, 0.15) is 5.56 Å². The Morgan fingerprint density at radius 3 is 2.48 bits per heavy atom. The van der Waals surface area contributed by atoms with Crippen molar-refractivity contribution in [1.82, 2.24) is 4.72 Å². The van der Waals surface area contributed by atoms with Crippen molar-refractivity contribution in [2.75, 3.05) is 37.7 Å². The lowest BCUT2D eigenvalue weighted by atomic mass is 10.1. The van der Waals surface area contributed by atoms with Crippen LogP contribution in [0, 0.1) is 0 Å². The monoisotopic (exact) mass is 380 g/mol. The van der Waals surface area contributed by atoms with Gasteiger partial charge in [-0.05, 0) is 42.3 Å². The summed E-state index contributed by atoms with van der Waals surface area (Å²) in [5.41, 5.74) is 2.26. The van der Waals surface area contributed by atoms with Crippen LogP contribution in [0.4, 0.5) is 5.69 Å². The number of hydrogen-bond acceptors (Lipinski definition) is 4. The number of halogens is 1. The van der Waals surface area contributed by atoms with E-state index >= 15 is 0 Å². The Bertz CT molecular complexity index is 803. The highest BCUT2D eigenvalue weighted by Gasteiger charge is 2.14. The maximum atomic E-state index is 12.2. The summed E-state index contributed by atoms with van der Waals surface area (Å²) >= 11 is 5.86. The van der Waals surface area contributed by atoms with Crippen LogP contribution in [0.15, 0.2) is 53.4 Å². The molecule has 25 heavy (non-hydrogen) atoms. The molecule has 2 aromatic rings. The summed E-state index contributed by atoms with van der Waals surface area (Å²) < 4.78 is 32.5. The molecular weight excluding hydrogens is 360 g/mol. The van der Waals surface area contributed by atoms with E-state index < -0.39 is 10.0 Å². The highest BCUT2D eigenvalue weighted by molar-refractivity contribution is 7.89. The van der Waals surface area contributed by atoms with Gasteiger partial charge < -0.3 is 9.64 Å². The SMILES string of the molecule is O=S(=O)(NCCc1ccc(N2CCOCC2)cc1)c1cccc(Cl)c1. The zero-order valence-corrected chi connectivity index (χ0v) is 15.4. The molecule has 2 aromatic carbocycles. The van der Waals surface area contributed by atoms with Crippen LogP contribution >= 0.6 is 11.6 Å². The Morgan fingerprint density at radius 1 is 1.08 bits per heavy atom. The number of ether oxygens (including phenoxy) is 1. The Kier molecular flexibility index (Phi) is 5.96. The van der Waals surface area contributed by atoms with E-state index in [2.05, 4.69) is 21.8 Å². The predicted molar refractivity (Wildman–Crippen MR) is 99.8 cm³/mol. The van der Waals surface area contributed by atoms with Crippen molar-refractivity contribution in [3.8, 4) is 0 Å². The molecule has 0 radical (unpaired) electrons. The van der Waals surface area contributed by atoms with Gasteiger partial charge in [-0.2, -0.15) is 0 Å². The van der Waals surface area contributed by atoms with Gasteiger partial charge in [-0.1, -0.05) is 29.8 Å². The molecule has 1 saturated heterocycles. The minimum absolute atomic E-state index is 0.183. The summed E-state index contributed by atoms with van der Waals surface area (Å²) in [6.07, 6.45) is 0.628. The smallest absolute Gasteiger partial charge is 0.240 e. The second-order valence-corrected chi connectivity index (χ2v) is 8.07. The fourth-order valence-electron chi connectivity index (χ4n) is 2.74. The van der Waals surface area contributed by atoms with Crippen molar-refractivity contribution in [2.24, 2.45) is 0 Å². The second kappa shape index (κ2) is 8.19. The van der Waals surface area contributed by atoms with Crippen LogP contribution in [0.2, 0.25) is 5.02 Å². The average Bonchev–Trinajstić information content (AvgIpc) is 2.63. The van der Waals surface area contributed by atoms with Crippen LogP contribution in [0.3, 0.4) is 0 Å². The van der Waals surface area contributed by atoms with Gasteiger partial charge in [-0.3, -0.25) is 0 Å². The van der Waals surface area contributed by atoms with Crippen LogP contribution < -0.4 is 9.62 Å². The van der Waals surface area contributed by atoms with Crippen molar-refractivity contribution >= 4 is 27.3 Å². The molecule has 134 valence electrons. The number of morpholine rings is 1. The molecule has 1 fully saturated rings. The van der Waals surface area contributed by atoms with Gasteiger partial charge >= 0.3 is 0 Å². The molecule has 3 rings (SSSR count). The average molecular weight is 381 g/mol. The highest BCUT2D eigenvalue weighted by atomic mass is 35.5. The maximum absolute atomic E-state index is 12.2. The number of anilines is 1. The molecule has 0 bridgehead atoms. The number of sulfonamides is 1. The first-order chi connectivity index (χ1) is 12.0. The van der Waals surface area contributed by atoms with Gasteiger partial charge in [-0.15, -0.1) is 0 Å². The number of rotatable bonds is 6. The van der Waals surface area contributed by atoms with Crippen LogP contribution in [0.25, 0.3) is 0 Å². The van der Waals surface area contributed by atoms with E-state index in [-0.39, 0.29) is 4.90 Å². The van der Waals surface area contributed by atoms with E-state index in [0.717, 1.165) is 31.9 Å². The molecule has 0 spiro atoms. The van der Waals surface area contributed by atoms with Gasteiger partial charge in [0, 0.05) is 30.3 Å². The van der Waals surface area contributed by atoms with E-state index in [1.165, 1.54) is 17.8 Å². The minimum Gasteiger partial charge on any atom is -0.378 e. The topological polar surface area (TPSA) is 58.6 Å². The summed E-state index contributed by atoms with van der Waals surface area (Å²) in [4.78, 5) is 2.47. The molecule has 5 nitrogen and oxygen atoms in total. The Labute approximate surface area is 153 Å². The highest BCUT2D eigenvalue weighted by Crippen LogP contribution is 2.17. The van der Waals surface area contributed by atoms with Gasteiger partial charge in [-0.25, -0.2) is 13.1 Å². The summed E-state index contributed by atoms with van der Waals surface area (Å²) in [6, 6.07) is 14.5. The number of hydrogen-bond donors (Lipinski definition) is 1. The molecule has 0 atom stereocenters. The lowest BCUT2D eigenvalue weighted by molar-refractivity contribution is 0.122. The molecule has 0 aromatic heterocycles. The van der Waals surface area contributed by atoms with Crippen molar-refractivity contribution in [3.05, 3.63) is 59.1 Å². The van der Waals surface area contributed by atoms with Crippen molar-refractivity contribution < 1.29 is 13.2 Å². The van der Waals surface area contributed by atoms with E-state index in [1.54, 1.807) is 12.1 Å². The fraction of sp³-hybridized carbons (Fsp3) is 0.333. The van der Waals surface area contributed by atoms with Gasteiger partial charge in [0.15, 0.2) is 0 Å². The normalized spacial score (nSPS) is 15.3. The zero-order valence-electron chi connectivity index (χ0n) is 13.8. The Hall–Kier alpha value is -1.60. The van der Waals surface area contributed by atoms with Gasteiger partial charge in [0.05, 0.1) is 18.1 Å². The molecule has 0 amide bonds. The Morgan fingerprint density at radius 2 is 1.80 bits per heavy atom. The summed E-state index contributed by atoms with van der Waals surface area (Å²) in [5.74, 6) is 0. The molecule has 1 aliphatic rings. The molecule has 0 saturated carbocycles. The quantitative estimate of drug-likeness (QED) is 0.837. The number of nitrogens with zero attached hydrogens (tertiary/aromatic N) is 1. The van der Waals surface area contributed by atoms with E-state index in [0.29, 0.717) is 18.0 Å². The first-order valence-electron chi connectivity index (χ1n) is 8.21. The molecule has 7 heteroatoms. The second-order valence-electron chi connectivity index (χ2n) is 5.87. The molecule has 0 unspecified atom stereocenters. The van der Waals surface area contributed by atoms with Crippen molar-refractivity contribution in [3.63, 3.8) is 0 Å². The van der Waals surface area contributed by atoms with Crippen molar-refractivity contribution in [1.29, 1.82) is 0 Å². The van der Waals surface area contributed by atoms with E-state index in [4.69, 9.17) is 16.3 Å². The summed E-state index contributed by atoms with van der Waals surface area (Å²) in [7, 11) is -3.53. The molecule has 1 N–H and O–H groups in total. The lowest BCUT2D eigenvalue weighted by Crippen LogP contribution is -2.36. The standard InChI is InChI=1S/C18H21ClN2O3S/c19-16-2-1-3-18(14-16)25(22,23)20-9-8-15-4-6-17(7-5-15)21-10-12-24-13-11-21/h1-7,14,20H,8-13H2. The minimum atomic E-state index is -3.53. The third-order valence-corrected chi connectivity index (χ3v) is 5.82. The van der Waals surface area contributed by atoms with Crippen molar-refractivity contribution in [2.45, 2.75) is 11.3 Å². The van der Waals surface area contributed by atoms with E-state index in [1.807, 2.05) is 12.1 Å². The summed E-state index contributed by atoms with van der Waals surface area (Å²) in [6.45, 7) is 3.66. The predicted octanol–water partition coefficient (Wildman–Crippen LogP) is 2.70. The Balaban J connectivity index is 1.55. The third-order valence-electron chi connectivity index (χ3n) is 4.12. The van der Waals surface area contributed by atoms with Crippen LogP contribution in [-0.2, 0) is 21.2 Å². The zero-order chi connectivity index (χ0) is 17.7. The van der Waals surface area contributed by atoms with Gasteiger partial charge in [0.25, 0.3) is 0 Å². The first-order valence-corrected chi connectivity index (χ1v) is 10.1.